The van der Waals surface area contributed by atoms with Crippen LogP contribution in [-0.2, 0) is 4.79 Å². The van der Waals surface area contributed by atoms with Crippen LogP contribution < -0.4 is 15.5 Å². The third-order valence-electron chi connectivity index (χ3n) is 6.79. The molecule has 0 unspecified atom stereocenters. The monoisotopic (exact) mass is 457 g/mol. The lowest BCUT2D eigenvalue weighted by molar-refractivity contribution is -0.133. The fourth-order valence-corrected chi connectivity index (χ4v) is 4.69. The van der Waals surface area contributed by atoms with Crippen molar-refractivity contribution in [2.75, 3.05) is 56.0 Å². The average molecular weight is 458 g/mol. The molecular weight excluding hydrogens is 426 g/mol. The minimum absolute atomic E-state index is 0.0765. The summed E-state index contributed by atoms with van der Waals surface area (Å²) in [6, 6.07) is 15.0. The lowest BCUT2D eigenvalue weighted by Gasteiger charge is -2.36. The fraction of sp³-hybridized carbons (Fsp3) is 0.423. The molecule has 1 aliphatic carbocycles. The molecule has 8 heteroatoms. The molecule has 1 amide bonds. The molecule has 0 spiro atoms. The van der Waals surface area contributed by atoms with E-state index in [-0.39, 0.29) is 17.7 Å². The number of anilines is 2. The van der Waals surface area contributed by atoms with Crippen LogP contribution in [0, 0.1) is 23.2 Å². The van der Waals surface area contributed by atoms with E-state index in [0.717, 1.165) is 67.2 Å². The van der Waals surface area contributed by atoms with Crippen LogP contribution in [0.5, 0.6) is 0 Å². The van der Waals surface area contributed by atoms with Crippen molar-refractivity contribution in [3.8, 4) is 17.2 Å². The van der Waals surface area contributed by atoms with Gasteiger partial charge in [-0.2, -0.15) is 10.4 Å². The summed E-state index contributed by atoms with van der Waals surface area (Å²) < 4.78 is 1.94. The Bertz CT molecular complexity index is 1190. The quantitative estimate of drug-likeness (QED) is 0.506. The molecule has 1 saturated heterocycles. The van der Waals surface area contributed by atoms with Crippen molar-refractivity contribution in [1.82, 2.24) is 19.8 Å². The molecule has 2 N–H and O–H groups in total. The van der Waals surface area contributed by atoms with E-state index in [2.05, 4.69) is 76.2 Å². The number of amides is 1. The van der Waals surface area contributed by atoms with Crippen molar-refractivity contribution in [3.05, 3.63) is 48.8 Å². The summed E-state index contributed by atoms with van der Waals surface area (Å²) in [5, 5.41) is 20.3. The van der Waals surface area contributed by atoms with Gasteiger partial charge < -0.3 is 20.4 Å². The normalized spacial score (nSPS) is 19.8. The molecule has 176 valence electrons. The third kappa shape index (κ3) is 4.57. The number of nitrogens with one attached hydrogen (secondary N) is 2. The number of benzene rings is 1. The first-order valence-corrected chi connectivity index (χ1v) is 12.1. The first-order chi connectivity index (χ1) is 16.7. The number of nitrogens with zero attached hydrogens (tertiary/aromatic N) is 5. The number of rotatable bonds is 8. The number of fused-ring (bicyclic) bond motifs is 1. The van der Waals surface area contributed by atoms with Crippen LogP contribution in [0.1, 0.15) is 13.3 Å². The number of likely N-dealkylation sites (N-methyl/N-ethyl adjacent to an activating group) is 1. The van der Waals surface area contributed by atoms with Gasteiger partial charge in [0, 0.05) is 62.9 Å². The van der Waals surface area contributed by atoms with Gasteiger partial charge in [0.1, 0.15) is 0 Å². The lowest BCUT2D eigenvalue weighted by atomic mass is 10.1. The van der Waals surface area contributed by atoms with Gasteiger partial charge in [-0.1, -0.05) is 19.1 Å². The highest BCUT2D eigenvalue weighted by atomic mass is 16.2. The molecule has 2 fully saturated rings. The minimum atomic E-state index is -0.0769. The van der Waals surface area contributed by atoms with Crippen molar-refractivity contribution in [1.29, 1.82) is 5.26 Å². The predicted octanol–water partition coefficient (Wildman–Crippen LogP) is 2.83. The molecule has 2 aromatic heterocycles. The van der Waals surface area contributed by atoms with Crippen LogP contribution >= 0.6 is 0 Å². The van der Waals surface area contributed by atoms with E-state index in [4.69, 9.17) is 5.26 Å². The number of hydrogen-bond donors (Lipinski definition) is 2. The standard InChI is InChI=1S/C26H31N7O/c1-2-28-9-10-29-22-5-3-19(4-6-22)21-16-25-24(7-8-30-33(25)18-21)31-11-13-32(14-12-31)26(34)23-15-20(23)17-27/h3-8,16,18,20,23,28-29H,2,9-15H2,1H3/t20-,23-/m0/s1. The zero-order chi connectivity index (χ0) is 23.5. The van der Waals surface area contributed by atoms with Gasteiger partial charge in [-0.05, 0) is 42.8 Å². The Morgan fingerprint density at radius 1 is 1.12 bits per heavy atom. The van der Waals surface area contributed by atoms with Gasteiger partial charge in [0.25, 0.3) is 0 Å². The van der Waals surface area contributed by atoms with Crippen LogP contribution in [0.3, 0.4) is 0 Å². The van der Waals surface area contributed by atoms with E-state index in [9.17, 15) is 4.79 Å². The third-order valence-corrected chi connectivity index (χ3v) is 6.79. The second-order valence-electron chi connectivity index (χ2n) is 9.02. The Hall–Kier alpha value is -3.57. The lowest BCUT2D eigenvalue weighted by Crippen LogP contribution is -2.49. The summed E-state index contributed by atoms with van der Waals surface area (Å²) in [6.45, 7) is 7.88. The average Bonchev–Trinajstić information content (AvgIpc) is 3.55. The summed E-state index contributed by atoms with van der Waals surface area (Å²) in [5.41, 5.74) is 5.60. The van der Waals surface area contributed by atoms with Crippen molar-refractivity contribution < 1.29 is 4.79 Å². The minimum Gasteiger partial charge on any atom is -0.384 e. The molecule has 2 aliphatic rings. The summed E-state index contributed by atoms with van der Waals surface area (Å²) in [6.07, 6.45) is 4.63. The molecule has 1 saturated carbocycles. The SMILES string of the molecule is CCNCCNc1ccc(-c2cc3c(N4CCN(C(=O)[C@H]5C[C@H]5C#N)CC4)ccnn3c2)cc1. The Morgan fingerprint density at radius 3 is 2.62 bits per heavy atom. The van der Waals surface area contributed by atoms with E-state index in [1.807, 2.05) is 15.6 Å². The smallest absolute Gasteiger partial charge is 0.227 e. The maximum Gasteiger partial charge on any atom is 0.227 e. The van der Waals surface area contributed by atoms with Crippen molar-refractivity contribution in [2.24, 2.45) is 11.8 Å². The molecule has 8 nitrogen and oxygen atoms in total. The van der Waals surface area contributed by atoms with Crippen molar-refractivity contribution in [2.45, 2.75) is 13.3 Å². The zero-order valence-electron chi connectivity index (χ0n) is 19.6. The highest BCUT2D eigenvalue weighted by molar-refractivity contribution is 5.83. The number of aromatic nitrogens is 2. The Balaban J connectivity index is 1.26. The Labute approximate surface area is 200 Å². The Kier molecular flexibility index (Phi) is 6.37. The van der Waals surface area contributed by atoms with E-state index >= 15 is 0 Å². The van der Waals surface area contributed by atoms with E-state index in [1.165, 1.54) is 0 Å². The first-order valence-electron chi connectivity index (χ1n) is 12.1. The molecule has 5 rings (SSSR count). The van der Waals surface area contributed by atoms with Crippen LogP contribution in [-0.4, -0.2) is 66.2 Å². The summed E-state index contributed by atoms with van der Waals surface area (Å²) in [7, 11) is 0. The van der Waals surface area contributed by atoms with Gasteiger partial charge in [-0.15, -0.1) is 0 Å². The highest BCUT2D eigenvalue weighted by Crippen LogP contribution is 2.39. The van der Waals surface area contributed by atoms with E-state index in [0.29, 0.717) is 13.1 Å². The number of nitriles is 1. The van der Waals surface area contributed by atoms with E-state index < -0.39 is 0 Å². The van der Waals surface area contributed by atoms with Gasteiger partial charge in [0.2, 0.25) is 5.91 Å². The molecule has 1 aliphatic heterocycles. The highest BCUT2D eigenvalue weighted by Gasteiger charge is 2.45. The van der Waals surface area contributed by atoms with Crippen molar-refractivity contribution >= 4 is 22.8 Å². The predicted molar refractivity (Wildman–Crippen MR) is 134 cm³/mol. The number of carbonyl (C=O) groups excluding carboxylic acids is 1. The van der Waals surface area contributed by atoms with Crippen LogP contribution in [0.25, 0.3) is 16.6 Å². The molecule has 1 aromatic carbocycles. The first kappa shape index (κ1) is 22.2. The fourth-order valence-electron chi connectivity index (χ4n) is 4.69. The molecule has 3 aromatic rings. The molecule has 34 heavy (non-hydrogen) atoms. The second kappa shape index (κ2) is 9.74. The van der Waals surface area contributed by atoms with Crippen LogP contribution in [0.2, 0.25) is 0 Å². The second-order valence-corrected chi connectivity index (χ2v) is 9.02. The molecule has 0 bridgehead atoms. The summed E-state index contributed by atoms with van der Waals surface area (Å²) >= 11 is 0. The van der Waals surface area contributed by atoms with Gasteiger partial charge in [0.05, 0.1) is 29.1 Å². The van der Waals surface area contributed by atoms with Gasteiger partial charge >= 0.3 is 0 Å². The number of piperazine rings is 1. The number of carbonyl (C=O) groups is 1. The topological polar surface area (TPSA) is 88.7 Å². The maximum absolute atomic E-state index is 12.6. The maximum atomic E-state index is 12.6. The molecular formula is C26H31N7O. The molecule has 3 heterocycles. The van der Waals surface area contributed by atoms with Gasteiger partial charge in [0.15, 0.2) is 0 Å². The zero-order valence-corrected chi connectivity index (χ0v) is 19.6. The van der Waals surface area contributed by atoms with Gasteiger partial charge in [-0.25, -0.2) is 4.52 Å². The molecule has 2 atom stereocenters. The van der Waals surface area contributed by atoms with Crippen LogP contribution in [0.15, 0.2) is 48.8 Å². The number of hydrogen-bond acceptors (Lipinski definition) is 6. The summed E-state index contributed by atoms with van der Waals surface area (Å²) in [5.74, 6) is -0.00465. The molecule has 0 radical (unpaired) electrons. The van der Waals surface area contributed by atoms with Gasteiger partial charge in [-0.3, -0.25) is 4.79 Å². The van der Waals surface area contributed by atoms with E-state index in [1.54, 1.807) is 0 Å². The van der Waals surface area contributed by atoms with Crippen LogP contribution in [0.4, 0.5) is 11.4 Å². The Morgan fingerprint density at radius 2 is 1.91 bits per heavy atom. The summed E-state index contributed by atoms with van der Waals surface area (Å²) in [4.78, 5) is 16.8. The van der Waals surface area contributed by atoms with Crippen molar-refractivity contribution in [3.63, 3.8) is 0 Å². The largest absolute Gasteiger partial charge is 0.384 e.